The van der Waals surface area contributed by atoms with Gasteiger partial charge in [0.05, 0.1) is 7.11 Å². The van der Waals surface area contributed by atoms with Crippen LogP contribution in [0.15, 0.2) is 18.2 Å². The van der Waals surface area contributed by atoms with Gasteiger partial charge in [-0.3, -0.25) is 0 Å². The molecular formula is C14H22N2O. The average Bonchev–Trinajstić information content (AvgIpc) is 2.39. The molecular weight excluding hydrogens is 212 g/mol. The minimum absolute atomic E-state index is 0.685. The Bertz CT molecular complexity index is 370. The summed E-state index contributed by atoms with van der Waals surface area (Å²) in [5, 5.41) is 3.36. The van der Waals surface area contributed by atoms with Gasteiger partial charge in [0.2, 0.25) is 0 Å². The van der Waals surface area contributed by atoms with Crippen molar-refractivity contribution in [2.75, 3.05) is 32.1 Å². The summed E-state index contributed by atoms with van der Waals surface area (Å²) in [6.07, 6.45) is 2.45. The third kappa shape index (κ3) is 2.72. The van der Waals surface area contributed by atoms with Gasteiger partial charge in [0.1, 0.15) is 5.75 Å². The summed E-state index contributed by atoms with van der Waals surface area (Å²) >= 11 is 0. The Balaban J connectivity index is 2.08. The van der Waals surface area contributed by atoms with Gasteiger partial charge in [-0.05, 0) is 50.6 Å². The van der Waals surface area contributed by atoms with Gasteiger partial charge in [-0.2, -0.15) is 0 Å². The maximum Gasteiger partial charge on any atom is 0.119 e. The van der Waals surface area contributed by atoms with Gasteiger partial charge in [-0.1, -0.05) is 0 Å². The number of rotatable bonds is 3. The van der Waals surface area contributed by atoms with Gasteiger partial charge < -0.3 is 15.0 Å². The smallest absolute Gasteiger partial charge is 0.119 e. The lowest BCUT2D eigenvalue weighted by Gasteiger charge is -2.34. The first kappa shape index (κ1) is 12.2. The van der Waals surface area contributed by atoms with Crippen molar-refractivity contribution in [3.8, 4) is 5.75 Å². The van der Waals surface area contributed by atoms with Crippen LogP contribution in [0.2, 0.25) is 0 Å². The highest BCUT2D eigenvalue weighted by atomic mass is 16.5. The number of methoxy groups -OCH3 is 1. The van der Waals surface area contributed by atoms with E-state index in [2.05, 4.69) is 36.3 Å². The number of hydrogen-bond acceptors (Lipinski definition) is 3. The first-order valence-corrected chi connectivity index (χ1v) is 6.31. The molecule has 0 bridgehead atoms. The van der Waals surface area contributed by atoms with Crippen LogP contribution in [0, 0.1) is 6.92 Å². The van der Waals surface area contributed by atoms with E-state index in [4.69, 9.17) is 4.74 Å². The molecule has 1 aliphatic rings. The summed E-state index contributed by atoms with van der Waals surface area (Å²) in [6, 6.07) is 7.02. The van der Waals surface area contributed by atoms with Gasteiger partial charge in [-0.25, -0.2) is 0 Å². The summed E-state index contributed by atoms with van der Waals surface area (Å²) in [6.45, 7) is 4.43. The maximum atomic E-state index is 5.24. The Morgan fingerprint density at radius 1 is 1.29 bits per heavy atom. The summed E-state index contributed by atoms with van der Waals surface area (Å²) < 4.78 is 5.24. The lowest BCUT2D eigenvalue weighted by atomic mass is 10.0. The van der Waals surface area contributed by atoms with Crippen LogP contribution in [0.25, 0.3) is 0 Å². The highest BCUT2D eigenvalue weighted by Crippen LogP contribution is 2.27. The molecule has 2 rings (SSSR count). The van der Waals surface area contributed by atoms with E-state index < -0.39 is 0 Å². The van der Waals surface area contributed by atoms with Crippen molar-refractivity contribution in [2.24, 2.45) is 0 Å². The molecule has 1 aliphatic heterocycles. The second-order valence-corrected chi connectivity index (χ2v) is 4.70. The van der Waals surface area contributed by atoms with Gasteiger partial charge in [0.15, 0.2) is 0 Å². The fourth-order valence-electron chi connectivity index (χ4n) is 2.52. The Morgan fingerprint density at radius 2 is 2.00 bits per heavy atom. The zero-order valence-corrected chi connectivity index (χ0v) is 11.0. The van der Waals surface area contributed by atoms with Gasteiger partial charge in [-0.15, -0.1) is 0 Å². The van der Waals surface area contributed by atoms with Crippen LogP contribution in [0.3, 0.4) is 0 Å². The minimum atomic E-state index is 0.685. The fourth-order valence-corrected chi connectivity index (χ4v) is 2.52. The van der Waals surface area contributed by atoms with Crippen LogP contribution in [-0.2, 0) is 0 Å². The molecule has 0 aliphatic carbocycles. The van der Waals surface area contributed by atoms with Crippen LogP contribution in [-0.4, -0.2) is 33.3 Å². The second kappa shape index (κ2) is 5.41. The monoisotopic (exact) mass is 234 g/mol. The minimum Gasteiger partial charge on any atom is -0.497 e. The largest absolute Gasteiger partial charge is 0.497 e. The van der Waals surface area contributed by atoms with E-state index in [0.29, 0.717) is 6.04 Å². The third-order valence-electron chi connectivity index (χ3n) is 3.65. The molecule has 0 radical (unpaired) electrons. The topological polar surface area (TPSA) is 24.5 Å². The van der Waals surface area contributed by atoms with Crippen molar-refractivity contribution < 1.29 is 4.74 Å². The molecule has 0 saturated carbocycles. The highest BCUT2D eigenvalue weighted by Gasteiger charge is 2.18. The predicted molar refractivity (Wildman–Crippen MR) is 72.0 cm³/mol. The zero-order chi connectivity index (χ0) is 12.3. The molecule has 3 nitrogen and oxygen atoms in total. The van der Waals surface area contributed by atoms with Crippen LogP contribution in [0.1, 0.15) is 18.4 Å². The van der Waals surface area contributed by atoms with Crippen molar-refractivity contribution in [2.45, 2.75) is 25.8 Å². The first-order valence-electron chi connectivity index (χ1n) is 6.31. The summed E-state index contributed by atoms with van der Waals surface area (Å²) in [5.41, 5.74) is 2.65. The fraction of sp³-hybridized carbons (Fsp3) is 0.571. The van der Waals surface area contributed by atoms with E-state index in [0.717, 1.165) is 18.8 Å². The predicted octanol–water partition coefficient (Wildman–Crippen LogP) is 2.19. The number of aryl methyl sites for hydroxylation is 1. The number of nitrogens with zero attached hydrogens (tertiary/aromatic N) is 1. The highest BCUT2D eigenvalue weighted by molar-refractivity contribution is 5.56. The first-order chi connectivity index (χ1) is 8.24. The Kier molecular flexibility index (Phi) is 3.89. The molecule has 94 valence electrons. The number of anilines is 1. The normalized spacial score (nSPS) is 17.2. The maximum absolute atomic E-state index is 5.24. The molecule has 0 atom stereocenters. The second-order valence-electron chi connectivity index (χ2n) is 4.70. The number of ether oxygens (including phenoxy) is 1. The van der Waals surface area contributed by atoms with Crippen molar-refractivity contribution in [3.63, 3.8) is 0 Å². The quantitative estimate of drug-likeness (QED) is 0.867. The van der Waals surface area contributed by atoms with E-state index in [-0.39, 0.29) is 0 Å². The zero-order valence-electron chi connectivity index (χ0n) is 11.0. The molecule has 3 heteroatoms. The molecule has 1 N–H and O–H groups in total. The molecule has 0 aromatic heterocycles. The standard InChI is InChI=1S/C14H22N2O/c1-11-10-13(17-3)4-5-14(11)16-8-6-12(15-2)7-9-16/h4-5,10,12,15H,6-9H2,1-3H3. The molecule has 17 heavy (non-hydrogen) atoms. The Labute approximate surface area is 104 Å². The van der Waals surface area contributed by atoms with Gasteiger partial charge in [0, 0.05) is 24.8 Å². The molecule has 1 saturated heterocycles. The van der Waals surface area contributed by atoms with Crippen molar-refractivity contribution in [1.29, 1.82) is 0 Å². The molecule has 1 aromatic carbocycles. The molecule has 0 spiro atoms. The van der Waals surface area contributed by atoms with Crippen molar-refractivity contribution in [3.05, 3.63) is 23.8 Å². The average molecular weight is 234 g/mol. The SMILES string of the molecule is CNC1CCN(c2ccc(OC)cc2C)CC1. The Hall–Kier alpha value is -1.22. The third-order valence-corrected chi connectivity index (χ3v) is 3.65. The molecule has 0 amide bonds. The molecule has 1 fully saturated rings. The number of nitrogens with one attached hydrogen (secondary N) is 1. The Morgan fingerprint density at radius 3 is 2.53 bits per heavy atom. The van der Waals surface area contributed by atoms with Gasteiger partial charge >= 0.3 is 0 Å². The molecule has 1 heterocycles. The number of benzene rings is 1. The van der Waals surface area contributed by atoms with Crippen molar-refractivity contribution in [1.82, 2.24) is 5.32 Å². The molecule has 1 aromatic rings. The van der Waals surface area contributed by atoms with Crippen LogP contribution in [0.4, 0.5) is 5.69 Å². The molecule has 0 unspecified atom stereocenters. The number of hydrogen-bond donors (Lipinski definition) is 1. The van der Waals surface area contributed by atoms with E-state index in [1.54, 1.807) is 7.11 Å². The van der Waals surface area contributed by atoms with Gasteiger partial charge in [0.25, 0.3) is 0 Å². The van der Waals surface area contributed by atoms with E-state index in [1.807, 2.05) is 6.07 Å². The van der Waals surface area contributed by atoms with E-state index in [1.165, 1.54) is 24.1 Å². The summed E-state index contributed by atoms with van der Waals surface area (Å²) in [4.78, 5) is 2.47. The van der Waals surface area contributed by atoms with Crippen molar-refractivity contribution >= 4 is 5.69 Å². The van der Waals surface area contributed by atoms with E-state index >= 15 is 0 Å². The summed E-state index contributed by atoms with van der Waals surface area (Å²) in [7, 11) is 3.77. The lowest BCUT2D eigenvalue weighted by molar-refractivity contribution is 0.414. The van der Waals surface area contributed by atoms with Crippen LogP contribution in [0.5, 0.6) is 5.75 Å². The van der Waals surface area contributed by atoms with E-state index in [9.17, 15) is 0 Å². The number of piperidine rings is 1. The summed E-state index contributed by atoms with van der Waals surface area (Å²) in [5.74, 6) is 0.941. The lowest BCUT2D eigenvalue weighted by Crippen LogP contribution is -2.41. The van der Waals surface area contributed by atoms with Crippen LogP contribution < -0.4 is 15.0 Å². The van der Waals surface area contributed by atoms with Crippen LogP contribution >= 0.6 is 0 Å².